The topological polar surface area (TPSA) is 55.2 Å². The molecule has 9 heteroatoms. The molecule has 0 unspecified atom stereocenters. The van der Waals surface area contributed by atoms with Gasteiger partial charge in [0.15, 0.2) is 5.82 Å². The average Bonchev–Trinajstić information content (AvgIpc) is 2.73. The lowest BCUT2D eigenvalue weighted by atomic mass is 9.96. The minimum absolute atomic E-state index is 0.0441. The van der Waals surface area contributed by atoms with Crippen molar-refractivity contribution in [3.8, 4) is 11.1 Å². The first-order valence-corrected chi connectivity index (χ1v) is 9.44. The lowest BCUT2D eigenvalue weighted by Crippen LogP contribution is -2.30. The summed E-state index contributed by atoms with van der Waals surface area (Å²) in [7, 11) is 1.72. The van der Waals surface area contributed by atoms with E-state index in [1.165, 1.54) is 6.20 Å². The monoisotopic (exact) mass is 431 g/mol. The van der Waals surface area contributed by atoms with Crippen LogP contribution in [-0.2, 0) is 23.9 Å². The molecule has 0 fully saturated rings. The van der Waals surface area contributed by atoms with E-state index >= 15 is 0 Å². The van der Waals surface area contributed by atoms with Crippen molar-refractivity contribution in [2.75, 3.05) is 11.9 Å². The number of hydrogen-bond donors (Lipinski definition) is 0. The molecule has 1 aliphatic rings. The number of hydrogen-bond acceptors (Lipinski definition) is 3. The molecular formula is C22H17F4N3O2. The third-order valence-electron chi connectivity index (χ3n) is 5.27. The fraction of sp³-hybridized carbons (Fsp3) is 0.227. The molecule has 0 radical (unpaired) electrons. The molecule has 1 aliphatic heterocycles. The fourth-order valence-corrected chi connectivity index (χ4v) is 3.64. The minimum atomic E-state index is -4.77. The molecule has 0 atom stereocenters. The second-order valence-electron chi connectivity index (χ2n) is 7.39. The van der Waals surface area contributed by atoms with Gasteiger partial charge in [-0.05, 0) is 47.4 Å². The lowest BCUT2D eigenvalue weighted by Gasteiger charge is -2.26. The summed E-state index contributed by atoms with van der Waals surface area (Å²) in [6.45, 7) is -0.261. The second-order valence-corrected chi connectivity index (χ2v) is 7.39. The summed E-state index contributed by atoms with van der Waals surface area (Å²) in [5.41, 5.74) is 1.42. The van der Waals surface area contributed by atoms with Gasteiger partial charge in [0.1, 0.15) is 0 Å². The normalized spacial score (nSPS) is 14.0. The zero-order valence-corrected chi connectivity index (χ0v) is 16.4. The van der Waals surface area contributed by atoms with Gasteiger partial charge in [0.25, 0.3) is 5.56 Å². The smallest absolute Gasteiger partial charge is 0.315 e. The van der Waals surface area contributed by atoms with E-state index in [9.17, 15) is 27.2 Å². The van der Waals surface area contributed by atoms with Crippen LogP contribution in [0.15, 0.2) is 53.7 Å². The third kappa shape index (κ3) is 4.08. The Kier molecular flexibility index (Phi) is 5.12. The summed E-state index contributed by atoms with van der Waals surface area (Å²) in [6, 6.07) is 7.49. The molecule has 0 saturated carbocycles. The van der Waals surface area contributed by atoms with E-state index in [0.717, 1.165) is 16.8 Å². The van der Waals surface area contributed by atoms with Gasteiger partial charge in [-0.15, -0.1) is 0 Å². The van der Waals surface area contributed by atoms with Crippen molar-refractivity contribution in [3.05, 3.63) is 81.8 Å². The first-order valence-electron chi connectivity index (χ1n) is 9.44. The molecule has 0 spiro atoms. The number of amides is 1. The lowest BCUT2D eigenvalue weighted by molar-refractivity contribution is -0.138. The van der Waals surface area contributed by atoms with E-state index in [0.29, 0.717) is 34.7 Å². The SMILES string of the molecule is CN1C(=O)CCc2cc(-c3cncc(Cn4cc(C(F)(F)F)cc(F)c4=O)c3)ccc21. The molecule has 160 valence electrons. The van der Waals surface area contributed by atoms with Gasteiger partial charge in [-0.1, -0.05) is 6.07 Å². The minimum Gasteiger partial charge on any atom is -0.315 e. The number of aryl methyl sites for hydroxylation is 1. The maximum atomic E-state index is 13.8. The van der Waals surface area contributed by atoms with Crippen LogP contribution in [0, 0.1) is 5.82 Å². The largest absolute Gasteiger partial charge is 0.417 e. The van der Waals surface area contributed by atoms with Crippen molar-refractivity contribution >= 4 is 11.6 Å². The van der Waals surface area contributed by atoms with Crippen molar-refractivity contribution in [1.82, 2.24) is 9.55 Å². The molecule has 5 nitrogen and oxygen atoms in total. The van der Waals surface area contributed by atoms with Crippen LogP contribution in [0.5, 0.6) is 0 Å². The Morgan fingerprint density at radius 1 is 1.03 bits per heavy atom. The van der Waals surface area contributed by atoms with Crippen LogP contribution in [0.4, 0.5) is 23.2 Å². The Morgan fingerprint density at radius 2 is 1.81 bits per heavy atom. The van der Waals surface area contributed by atoms with Crippen molar-refractivity contribution in [1.29, 1.82) is 0 Å². The summed E-state index contributed by atoms with van der Waals surface area (Å²) in [5, 5.41) is 0. The quantitative estimate of drug-likeness (QED) is 0.589. The maximum Gasteiger partial charge on any atom is 0.417 e. The molecule has 3 aromatic rings. The van der Waals surface area contributed by atoms with Crippen LogP contribution >= 0.6 is 0 Å². The fourth-order valence-electron chi connectivity index (χ4n) is 3.64. The number of nitrogens with zero attached hydrogens (tertiary/aromatic N) is 3. The number of carbonyl (C=O) groups is 1. The van der Waals surface area contributed by atoms with E-state index in [2.05, 4.69) is 4.98 Å². The number of anilines is 1. The Balaban J connectivity index is 1.67. The van der Waals surface area contributed by atoms with E-state index in [1.807, 2.05) is 18.2 Å². The molecule has 0 saturated heterocycles. The highest BCUT2D eigenvalue weighted by atomic mass is 19.4. The van der Waals surface area contributed by atoms with E-state index in [-0.39, 0.29) is 18.5 Å². The van der Waals surface area contributed by atoms with E-state index in [4.69, 9.17) is 0 Å². The van der Waals surface area contributed by atoms with Crippen LogP contribution in [-0.4, -0.2) is 22.5 Å². The zero-order valence-electron chi connectivity index (χ0n) is 16.4. The van der Waals surface area contributed by atoms with Gasteiger partial charge in [-0.25, -0.2) is 4.39 Å². The van der Waals surface area contributed by atoms with Crippen LogP contribution in [0.25, 0.3) is 11.1 Å². The van der Waals surface area contributed by atoms with Crippen molar-refractivity contribution in [2.24, 2.45) is 0 Å². The molecule has 0 aliphatic carbocycles. The van der Waals surface area contributed by atoms with Gasteiger partial charge in [0.05, 0.1) is 12.1 Å². The van der Waals surface area contributed by atoms with Crippen molar-refractivity contribution in [2.45, 2.75) is 25.6 Å². The van der Waals surface area contributed by atoms with Crippen LogP contribution < -0.4 is 10.5 Å². The van der Waals surface area contributed by atoms with Crippen LogP contribution in [0.2, 0.25) is 0 Å². The molecular weight excluding hydrogens is 414 g/mol. The van der Waals surface area contributed by atoms with Crippen LogP contribution in [0.1, 0.15) is 23.1 Å². The first-order chi connectivity index (χ1) is 14.6. The highest BCUT2D eigenvalue weighted by Crippen LogP contribution is 2.32. The highest BCUT2D eigenvalue weighted by molar-refractivity contribution is 5.96. The zero-order chi connectivity index (χ0) is 22.3. The highest BCUT2D eigenvalue weighted by Gasteiger charge is 2.32. The number of fused-ring (bicyclic) bond motifs is 1. The second kappa shape index (κ2) is 7.64. The Bertz CT molecular complexity index is 1230. The molecule has 1 aromatic carbocycles. The van der Waals surface area contributed by atoms with Gasteiger partial charge in [-0.3, -0.25) is 14.6 Å². The first kappa shape index (κ1) is 20.8. The molecule has 2 aromatic heterocycles. The molecule has 0 bridgehead atoms. The Morgan fingerprint density at radius 3 is 2.55 bits per heavy atom. The van der Waals surface area contributed by atoms with Gasteiger partial charge >= 0.3 is 6.18 Å². The molecule has 1 amide bonds. The predicted octanol–water partition coefficient (Wildman–Crippen LogP) is 4.03. The summed E-state index contributed by atoms with van der Waals surface area (Å²) < 4.78 is 53.4. The van der Waals surface area contributed by atoms with Crippen molar-refractivity contribution < 1.29 is 22.4 Å². The average molecular weight is 431 g/mol. The predicted molar refractivity (Wildman–Crippen MR) is 106 cm³/mol. The number of rotatable bonds is 3. The van der Waals surface area contributed by atoms with Gasteiger partial charge in [0, 0.05) is 43.3 Å². The standard InChI is InChI=1S/C22H17F4N3O2/c1-28-19-4-2-14(7-15(19)3-5-20(28)30)16-6-13(9-27-10-16)11-29-12-17(22(24,25)26)8-18(23)21(29)31/h2,4,6-10,12H,3,5,11H2,1H3. The van der Waals surface area contributed by atoms with Crippen LogP contribution in [0.3, 0.4) is 0 Å². The van der Waals surface area contributed by atoms with E-state index in [1.54, 1.807) is 24.2 Å². The molecule has 3 heterocycles. The molecule has 4 rings (SSSR count). The van der Waals surface area contributed by atoms with Gasteiger partial charge in [0.2, 0.25) is 5.91 Å². The summed E-state index contributed by atoms with van der Waals surface area (Å²) in [6.07, 6.45) is -0.136. The Labute approximate surface area is 174 Å². The number of pyridine rings is 2. The molecule has 31 heavy (non-hydrogen) atoms. The molecule has 0 N–H and O–H groups in total. The number of carbonyl (C=O) groups excluding carboxylic acids is 1. The van der Waals surface area contributed by atoms with Gasteiger partial charge < -0.3 is 9.47 Å². The maximum absolute atomic E-state index is 13.8. The number of aromatic nitrogens is 2. The summed E-state index contributed by atoms with van der Waals surface area (Å²) >= 11 is 0. The number of alkyl halides is 3. The van der Waals surface area contributed by atoms with E-state index < -0.39 is 23.1 Å². The summed E-state index contributed by atoms with van der Waals surface area (Å²) in [5.74, 6) is -1.42. The third-order valence-corrected chi connectivity index (χ3v) is 5.27. The number of halogens is 4. The summed E-state index contributed by atoms with van der Waals surface area (Å²) in [4.78, 5) is 29.6. The number of benzene rings is 1. The Hall–Kier alpha value is -3.49. The van der Waals surface area contributed by atoms with Gasteiger partial charge in [-0.2, -0.15) is 13.2 Å². The van der Waals surface area contributed by atoms with Crippen molar-refractivity contribution in [3.63, 3.8) is 0 Å².